The molecular weight excluding hydrogens is 392 g/mol. The van der Waals surface area contributed by atoms with Gasteiger partial charge in [0.15, 0.2) is 0 Å². The number of nitrogens with one attached hydrogen (secondary N) is 1. The molecule has 1 aliphatic carbocycles. The number of hydrogen-bond donors (Lipinski definition) is 1. The Balaban J connectivity index is 1.32. The van der Waals surface area contributed by atoms with Gasteiger partial charge in [0.1, 0.15) is 11.5 Å². The fourth-order valence-corrected chi connectivity index (χ4v) is 4.76. The Hall–Kier alpha value is -1.91. The van der Waals surface area contributed by atoms with Crippen LogP contribution in [0.25, 0.3) is 0 Å². The van der Waals surface area contributed by atoms with Crippen molar-refractivity contribution in [1.82, 2.24) is 30.4 Å². The predicted octanol–water partition coefficient (Wildman–Crippen LogP) is 1.97. The standard InChI is InChI=1S/C19H28N6O3S/c1-14-6-7-17(28-14)16(24-8-10-27-11-9-24)12-20-18(26)13-29-19-21-22-23-25(19)15-4-2-3-5-15/h6-7,15-16H,2-5,8-13H2,1H3,(H,20,26). The highest BCUT2D eigenvalue weighted by Crippen LogP contribution is 2.31. The zero-order valence-electron chi connectivity index (χ0n) is 16.7. The minimum Gasteiger partial charge on any atom is -0.465 e. The number of rotatable bonds is 8. The van der Waals surface area contributed by atoms with Crippen molar-refractivity contribution in [2.75, 3.05) is 38.6 Å². The van der Waals surface area contributed by atoms with E-state index in [4.69, 9.17) is 9.15 Å². The highest BCUT2D eigenvalue weighted by molar-refractivity contribution is 7.99. The second-order valence-corrected chi connectivity index (χ2v) is 8.49. The molecule has 1 N–H and O–H groups in total. The number of aryl methyl sites for hydroxylation is 1. The molecule has 3 heterocycles. The van der Waals surface area contributed by atoms with Crippen LogP contribution in [0.5, 0.6) is 0 Å². The monoisotopic (exact) mass is 420 g/mol. The molecule has 2 aromatic heterocycles. The topological polar surface area (TPSA) is 98.3 Å². The highest BCUT2D eigenvalue weighted by atomic mass is 32.2. The van der Waals surface area contributed by atoms with E-state index in [2.05, 4.69) is 25.7 Å². The van der Waals surface area contributed by atoms with Crippen molar-refractivity contribution in [3.05, 3.63) is 23.7 Å². The first-order valence-electron chi connectivity index (χ1n) is 10.3. The summed E-state index contributed by atoms with van der Waals surface area (Å²) < 4.78 is 13.2. The molecule has 0 bridgehead atoms. The zero-order chi connectivity index (χ0) is 20.1. The SMILES string of the molecule is Cc1ccc(C(CNC(=O)CSc2nnnn2C2CCCC2)N2CCOCC2)o1. The Morgan fingerprint density at radius 2 is 2.10 bits per heavy atom. The van der Waals surface area contributed by atoms with E-state index >= 15 is 0 Å². The van der Waals surface area contributed by atoms with Gasteiger partial charge in [-0.1, -0.05) is 24.6 Å². The lowest BCUT2D eigenvalue weighted by molar-refractivity contribution is -0.118. The fraction of sp³-hybridized carbons (Fsp3) is 0.684. The number of furan rings is 1. The van der Waals surface area contributed by atoms with E-state index in [0.717, 1.165) is 42.6 Å². The molecule has 2 aliphatic rings. The van der Waals surface area contributed by atoms with Gasteiger partial charge in [-0.05, 0) is 42.3 Å². The van der Waals surface area contributed by atoms with Gasteiger partial charge < -0.3 is 14.5 Å². The molecule has 1 aliphatic heterocycles. The molecule has 2 aromatic rings. The van der Waals surface area contributed by atoms with Crippen LogP contribution in [0.4, 0.5) is 0 Å². The summed E-state index contributed by atoms with van der Waals surface area (Å²) in [7, 11) is 0. The Morgan fingerprint density at radius 1 is 1.31 bits per heavy atom. The molecule has 9 nitrogen and oxygen atoms in total. The van der Waals surface area contributed by atoms with Gasteiger partial charge in [-0.25, -0.2) is 4.68 Å². The van der Waals surface area contributed by atoms with E-state index in [9.17, 15) is 4.79 Å². The smallest absolute Gasteiger partial charge is 0.230 e. The van der Waals surface area contributed by atoms with Gasteiger partial charge >= 0.3 is 0 Å². The highest BCUT2D eigenvalue weighted by Gasteiger charge is 2.26. The van der Waals surface area contributed by atoms with Crippen LogP contribution in [-0.4, -0.2) is 69.6 Å². The molecule has 0 aromatic carbocycles. The van der Waals surface area contributed by atoms with Gasteiger partial charge in [0, 0.05) is 19.6 Å². The lowest BCUT2D eigenvalue weighted by Gasteiger charge is -2.33. The molecule has 2 fully saturated rings. The fourth-order valence-electron chi connectivity index (χ4n) is 3.98. The summed E-state index contributed by atoms with van der Waals surface area (Å²) >= 11 is 1.39. The first kappa shape index (κ1) is 20.4. The minimum absolute atomic E-state index is 0.00496. The maximum absolute atomic E-state index is 12.5. The molecule has 29 heavy (non-hydrogen) atoms. The molecule has 0 spiro atoms. The molecule has 1 amide bonds. The summed E-state index contributed by atoms with van der Waals surface area (Å²) in [5, 5.41) is 15.8. The van der Waals surface area contributed by atoms with Crippen molar-refractivity contribution in [3.8, 4) is 0 Å². The summed E-state index contributed by atoms with van der Waals surface area (Å²) in [5.74, 6) is 2.01. The maximum atomic E-state index is 12.5. The van der Waals surface area contributed by atoms with Crippen LogP contribution >= 0.6 is 11.8 Å². The van der Waals surface area contributed by atoms with E-state index in [0.29, 0.717) is 31.6 Å². The zero-order valence-corrected chi connectivity index (χ0v) is 17.6. The second kappa shape index (κ2) is 9.73. The number of thioether (sulfide) groups is 1. The van der Waals surface area contributed by atoms with Crippen molar-refractivity contribution in [1.29, 1.82) is 0 Å². The normalized spacial score (nSPS) is 19.5. The van der Waals surface area contributed by atoms with Crippen molar-refractivity contribution in [3.63, 3.8) is 0 Å². The van der Waals surface area contributed by atoms with Crippen LogP contribution in [0, 0.1) is 6.92 Å². The third kappa shape index (κ3) is 5.18. The van der Waals surface area contributed by atoms with Gasteiger partial charge in [-0.2, -0.15) is 0 Å². The average Bonchev–Trinajstić information content (AvgIpc) is 3.49. The molecule has 4 rings (SSSR count). The molecule has 0 radical (unpaired) electrons. The summed E-state index contributed by atoms with van der Waals surface area (Å²) in [4.78, 5) is 14.8. The van der Waals surface area contributed by atoms with Crippen LogP contribution in [0.15, 0.2) is 21.7 Å². The molecule has 1 saturated heterocycles. The number of ether oxygens (including phenoxy) is 1. The number of carbonyl (C=O) groups excluding carboxylic acids is 1. The van der Waals surface area contributed by atoms with Crippen molar-refractivity contribution in [2.45, 2.75) is 49.8 Å². The molecule has 1 atom stereocenters. The van der Waals surface area contributed by atoms with Crippen LogP contribution < -0.4 is 5.32 Å². The summed E-state index contributed by atoms with van der Waals surface area (Å²) in [6.07, 6.45) is 4.64. The van der Waals surface area contributed by atoms with Gasteiger partial charge in [0.05, 0.1) is 31.1 Å². The Bertz CT molecular complexity index is 797. The van der Waals surface area contributed by atoms with Crippen LogP contribution in [-0.2, 0) is 9.53 Å². The molecule has 10 heteroatoms. The summed E-state index contributed by atoms with van der Waals surface area (Å²) in [6, 6.07) is 4.32. The third-order valence-corrected chi connectivity index (χ3v) is 6.47. The van der Waals surface area contributed by atoms with Crippen LogP contribution in [0.1, 0.15) is 49.3 Å². The molecule has 1 unspecified atom stereocenters. The summed E-state index contributed by atoms with van der Waals surface area (Å²) in [5.41, 5.74) is 0. The minimum atomic E-state index is -0.0301. The van der Waals surface area contributed by atoms with E-state index < -0.39 is 0 Å². The molecule has 158 valence electrons. The van der Waals surface area contributed by atoms with Gasteiger partial charge in [-0.3, -0.25) is 9.69 Å². The summed E-state index contributed by atoms with van der Waals surface area (Å²) in [6.45, 7) is 5.48. The second-order valence-electron chi connectivity index (χ2n) is 7.55. The quantitative estimate of drug-likeness (QED) is 0.647. The van der Waals surface area contributed by atoms with Gasteiger partial charge in [0.2, 0.25) is 11.1 Å². The number of tetrazole rings is 1. The van der Waals surface area contributed by atoms with Crippen molar-refractivity contribution in [2.24, 2.45) is 0 Å². The average molecular weight is 421 g/mol. The number of amides is 1. The third-order valence-electron chi connectivity index (χ3n) is 5.53. The lowest BCUT2D eigenvalue weighted by Crippen LogP contribution is -2.44. The van der Waals surface area contributed by atoms with Crippen LogP contribution in [0.3, 0.4) is 0 Å². The van der Waals surface area contributed by atoms with Crippen molar-refractivity contribution >= 4 is 17.7 Å². The Kier molecular flexibility index (Phi) is 6.83. The van der Waals surface area contributed by atoms with Gasteiger partial charge in [0.25, 0.3) is 0 Å². The van der Waals surface area contributed by atoms with Crippen LogP contribution in [0.2, 0.25) is 0 Å². The largest absolute Gasteiger partial charge is 0.465 e. The van der Waals surface area contributed by atoms with E-state index in [1.54, 1.807) is 0 Å². The number of nitrogens with zero attached hydrogens (tertiary/aromatic N) is 5. The lowest BCUT2D eigenvalue weighted by atomic mass is 10.1. The Morgan fingerprint density at radius 3 is 2.83 bits per heavy atom. The predicted molar refractivity (Wildman–Crippen MR) is 108 cm³/mol. The van der Waals surface area contributed by atoms with Gasteiger partial charge in [-0.15, -0.1) is 5.10 Å². The Labute approximate surface area is 174 Å². The van der Waals surface area contributed by atoms with E-state index in [1.807, 2.05) is 23.7 Å². The first-order chi connectivity index (χ1) is 14.2. The number of hydrogen-bond acceptors (Lipinski definition) is 8. The number of carbonyl (C=O) groups is 1. The molecule has 1 saturated carbocycles. The van der Waals surface area contributed by atoms with Crippen molar-refractivity contribution < 1.29 is 13.9 Å². The van der Waals surface area contributed by atoms with E-state index in [1.165, 1.54) is 24.6 Å². The number of aromatic nitrogens is 4. The first-order valence-corrected chi connectivity index (χ1v) is 11.2. The molecular formula is C19H28N6O3S. The number of morpholine rings is 1. The van der Waals surface area contributed by atoms with E-state index in [-0.39, 0.29) is 11.9 Å². The maximum Gasteiger partial charge on any atom is 0.230 e.